The summed E-state index contributed by atoms with van der Waals surface area (Å²) >= 11 is 0. The molecule has 0 amide bonds. The highest BCUT2D eigenvalue weighted by atomic mass is 19.1. The van der Waals surface area contributed by atoms with Crippen molar-refractivity contribution in [1.29, 1.82) is 0 Å². The number of rotatable bonds is 2. The number of epoxide rings is 1. The van der Waals surface area contributed by atoms with E-state index in [-0.39, 0.29) is 23.4 Å². The van der Waals surface area contributed by atoms with Gasteiger partial charge in [0.25, 0.3) is 0 Å². The van der Waals surface area contributed by atoms with Gasteiger partial charge in [0.15, 0.2) is 0 Å². The summed E-state index contributed by atoms with van der Waals surface area (Å²) < 4.78 is 18.2. The van der Waals surface area contributed by atoms with Crippen molar-refractivity contribution in [3.05, 3.63) is 35.6 Å². The van der Waals surface area contributed by atoms with Gasteiger partial charge in [-0.15, -0.1) is 0 Å². The van der Waals surface area contributed by atoms with E-state index in [0.717, 1.165) is 0 Å². The number of aliphatic hydroxyl groups is 1. The van der Waals surface area contributed by atoms with Crippen LogP contribution in [0.1, 0.15) is 32.4 Å². The molecule has 3 heteroatoms. The zero-order chi connectivity index (χ0) is 11.9. The summed E-state index contributed by atoms with van der Waals surface area (Å²) in [5.74, 6) is -0.292. The largest absolute Gasteiger partial charge is 0.386 e. The van der Waals surface area contributed by atoms with Crippen LogP contribution in [0.4, 0.5) is 4.39 Å². The molecule has 1 fully saturated rings. The summed E-state index contributed by atoms with van der Waals surface area (Å²) in [6.07, 6.45) is -0.747. The number of halogens is 1. The maximum absolute atomic E-state index is 12.7. The van der Waals surface area contributed by atoms with Crippen LogP contribution in [0, 0.1) is 11.2 Å². The van der Waals surface area contributed by atoms with Crippen molar-refractivity contribution in [1.82, 2.24) is 0 Å². The Kier molecular flexibility index (Phi) is 2.76. The average Bonchev–Trinajstić information content (AvgIpc) is 2.96. The van der Waals surface area contributed by atoms with E-state index in [1.807, 2.05) is 0 Å². The fourth-order valence-corrected chi connectivity index (χ4v) is 1.91. The molecule has 2 nitrogen and oxygen atoms in total. The van der Waals surface area contributed by atoms with E-state index >= 15 is 0 Å². The van der Waals surface area contributed by atoms with E-state index in [1.165, 1.54) is 12.1 Å². The smallest absolute Gasteiger partial charge is 0.123 e. The fraction of sp³-hybridized carbons (Fsp3) is 0.538. The molecule has 1 N–H and O–H groups in total. The molecule has 1 aromatic rings. The average molecular weight is 224 g/mol. The molecule has 16 heavy (non-hydrogen) atoms. The van der Waals surface area contributed by atoms with Gasteiger partial charge in [-0.05, 0) is 23.1 Å². The van der Waals surface area contributed by atoms with Crippen LogP contribution in [0.5, 0.6) is 0 Å². The van der Waals surface area contributed by atoms with Gasteiger partial charge in [0.1, 0.15) is 18.0 Å². The molecule has 1 saturated heterocycles. The summed E-state index contributed by atoms with van der Waals surface area (Å²) in [7, 11) is 0. The molecule has 1 aliphatic rings. The number of aliphatic hydroxyl groups excluding tert-OH is 1. The second kappa shape index (κ2) is 3.82. The lowest BCUT2D eigenvalue weighted by molar-refractivity contribution is 0.136. The predicted molar refractivity (Wildman–Crippen MR) is 59.5 cm³/mol. The van der Waals surface area contributed by atoms with E-state index in [0.29, 0.717) is 5.56 Å². The first-order valence-corrected chi connectivity index (χ1v) is 5.48. The Balaban J connectivity index is 2.05. The number of ether oxygens (including phenoxy) is 1. The molecule has 0 bridgehead atoms. The molecule has 1 aliphatic heterocycles. The minimum absolute atomic E-state index is 0.0334. The van der Waals surface area contributed by atoms with Crippen LogP contribution in [-0.4, -0.2) is 17.3 Å². The van der Waals surface area contributed by atoms with Crippen LogP contribution in [0.15, 0.2) is 24.3 Å². The predicted octanol–water partition coefficient (Wildman–Crippen LogP) is 2.67. The van der Waals surface area contributed by atoms with Crippen molar-refractivity contribution >= 4 is 0 Å². The maximum Gasteiger partial charge on any atom is 0.123 e. The molecule has 0 spiro atoms. The molecule has 2 rings (SSSR count). The van der Waals surface area contributed by atoms with E-state index in [1.54, 1.807) is 12.1 Å². The summed E-state index contributed by atoms with van der Waals surface area (Å²) in [4.78, 5) is 0. The SMILES string of the molecule is CC(C)(C)[C@@H]1O[C@H]1[C@H](O)c1ccc(F)cc1. The molecule has 0 saturated carbocycles. The summed E-state index contributed by atoms with van der Waals surface area (Å²) in [6.45, 7) is 6.24. The van der Waals surface area contributed by atoms with Crippen LogP contribution in [0.25, 0.3) is 0 Å². The third-order valence-electron chi connectivity index (χ3n) is 2.90. The summed E-state index contributed by atoms with van der Waals surface area (Å²) in [5, 5.41) is 10.0. The van der Waals surface area contributed by atoms with Gasteiger partial charge >= 0.3 is 0 Å². The van der Waals surface area contributed by atoms with Crippen molar-refractivity contribution in [3.8, 4) is 0 Å². The van der Waals surface area contributed by atoms with Crippen molar-refractivity contribution in [2.45, 2.75) is 39.1 Å². The Morgan fingerprint density at radius 2 is 1.81 bits per heavy atom. The van der Waals surface area contributed by atoms with Crippen LogP contribution >= 0.6 is 0 Å². The highest BCUT2D eigenvalue weighted by Crippen LogP contribution is 2.44. The zero-order valence-electron chi connectivity index (χ0n) is 9.77. The minimum atomic E-state index is -0.662. The van der Waals surface area contributed by atoms with Crippen LogP contribution in [-0.2, 0) is 4.74 Å². The normalized spacial score (nSPS) is 26.6. The van der Waals surface area contributed by atoms with E-state index in [4.69, 9.17) is 4.74 Å². The third kappa shape index (κ3) is 2.25. The number of benzene rings is 1. The number of hydrogen-bond donors (Lipinski definition) is 1. The molecule has 0 aliphatic carbocycles. The van der Waals surface area contributed by atoms with Crippen LogP contribution in [0.3, 0.4) is 0 Å². The molecule has 88 valence electrons. The first-order valence-electron chi connectivity index (χ1n) is 5.48. The van der Waals surface area contributed by atoms with Gasteiger partial charge in [-0.3, -0.25) is 0 Å². The van der Waals surface area contributed by atoms with Gasteiger partial charge < -0.3 is 9.84 Å². The first-order chi connectivity index (χ1) is 7.39. The van der Waals surface area contributed by atoms with Crippen molar-refractivity contribution in [2.75, 3.05) is 0 Å². The highest BCUT2D eigenvalue weighted by molar-refractivity contribution is 5.21. The molecule has 3 atom stereocenters. The van der Waals surface area contributed by atoms with Crippen molar-refractivity contribution < 1.29 is 14.2 Å². The lowest BCUT2D eigenvalue weighted by atomic mass is 9.88. The lowest BCUT2D eigenvalue weighted by Crippen LogP contribution is -2.19. The lowest BCUT2D eigenvalue weighted by Gasteiger charge is -2.16. The molecule has 0 aromatic heterocycles. The van der Waals surface area contributed by atoms with Gasteiger partial charge in [-0.2, -0.15) is 0 Å². The van der Waals surface area contributed by atoms with Gasteiger partial charge in [0.05, 0.1) is 6.10 Å². The first kappa shape index (κ1) is 11.6. The van der Waals surface area contributed by atoms with Crippen molar-refractivity contribution in [3.63, 3.8) is 0 Å². The summed E-state index contributed by atoms with van der Waals surface area (Å²) in [6, 6.07) is 5.91. The van der Waals surface area contributed by atoms with E-state index in [2.05, 4.69) is 20.8 Å². The monoisotopic (exact) mass is 224 g/mol. The maximum atomic E-state index is 12.7. The topological polar surface area (TPSA) is 32.8 Å². The third-order valence-corrected chi connectivity index (χ3v) is 2.90. The van der Waals surface area contributed by atoms with Crippen molar-refractivity contribution in [2.24, 2.45) is 5.41 Å². The molecule has 0 radical (unpaired) electrons. The van der Waals surface area contributed by atoms with Crippen LogP contribution in [0.2, 0.25) is 0 Å². The Morgan fingerprint density at radius 1 is 1.25 bits per heavy atom. The highest BCUT2D eigenvalue weighted by Gasteiger charge is 2.51. The Morgan fingerprint density at radius 3 is 2.25 bits per heavy atom. The Labute approximate surface area is 95.1 Å². The Bertz CT molecular complexity index is 367. The van der Waals surface area contributed by atoms with Gasteiger partial charge in [-0.25, -0.2) is 4.39 Å². The molecular formula is C13H17FO2. The van der Waals surface area contributed by atoms with E-state index in [9.17, 15) is 9.50 Å². The van der Waals surface area contributed by atoms with Gasteiger partial charge in [0.2, 0.25) is 0 Å². The standard InChI is InChI=1S/C13H17FO2/c1-13(2,3)12-11(16-12)10(15)8-4-6-9(14)7-5-8/h4-7,10-12,15H,1-3H3/t10-,11+,12-/m1/s1. The second-order valence-electron chi connectivity index (χ2n) is 5.38. The number of hydrogen-bond acceptors (Lipinski definition) is 2. The molecule has 1 aromatic carbocycles. The van der Waals surface area contributed by atoms with Crippen LogP contribution < -0.4 is 0 Å². The Hall–Kier alpha value is -0.930. The van der Waals surface area contributed by atoms with E-state index < -0.39 is 6.10 Å². The van der Waals surface area contributed by atoms with Gasteiger partial charge in [0, 0.05) is 0 Å². The summed E-state index contributed by atoms with van der Waals surface area (Å²) in [5.41, 5.74) is 0.740. The quantitative estimate of drug-likeness (QED) is 0.783. The zero-order valence-corrected chi connectivity index (χ0v) is 9.77. The second-order valence-corrected chi connectivity index (χ2v) is 5.38. The molecule has 0 unspecified atom stereocenters. The molecular weight excluding hydrogens is 207 g/mol. The minimum Gasteiger partial charge on any atom is -0.386 e. The molecule has 1 heterocycles. The van der Waals surface area contributed by atoms with Gasteiger partial charge in [-0.1, -0.05) is 32.9 Å². The fourth-order valence-electron chi connectivity index (χ4n) is 1.91.